The molecule has 0 fully saturated rings. The molecule has 0 saturated carbocycles. The summed E-state index contributed by atoms with van der Waals surface area (Å²) in [4.78, 5) is 23.8. The smallest absolute Gasteiger partial charge is 0.339 e. The number of nitrogens with zero attached hydrogens (tertiary/aromatic N) is 3. The summed E-state index contributed by atoms with van der Waals surface area (Å²) in [5.41, 5.74) is 2.71. The van der Waals surface area contributed by atoms with E-state index in [0.29, 0.717) is 22.9 Å². The number of pyridine rings is 1. The highest BCUT2D eigenvalue weighted by atomic mass is 16.4. The summed E-state index contributed by atoms with van der Waals surface area (Å²) in [5, 5.41) is 9.07. The van der Waals surface area contributed by atoms with Crippen LogP contribution in [0, 0.1) is 20.8 Å². The summed E-state index contributed by atoms with van der Waals surface area (Å²) in [7, 11) is 0. The van der Waals surface area contributed by atoms with Gasteiger partial charge >= 0.3 is 5.97 Å². The summed E-state index contributed by atoms with van der Waals surface area (Å²) < 4.78 is 0. The maximum Gasteiger partial charge on any atom is 0.339 e. The predicted octanol–water partition coefficient (Wildman–Crippen LogP) is 2.16. The summed E-state index contributed by atoms with van der Waals surface area (Å²) in [6.07, 6.45) is 1.67. The van der Waals surface area contributed by atoms with Crippen molar-refractivity contribution < 1.29 is 9.90 Å². The first kappa shape index (κ1) is 12.2. The number of carboxylic acids is 1. The van der Waals surface area contributed by atoms with Gasteiger partial charge < -0.3 is 5.11 Å². The Labute approximate surface area is 105 Å². The van der Waals surface area contributed by atoms with Gasteiger partial charge in [0.15, 0.2) is 5.82 Å². The van der Waals surface area contributed by atoms with Crippen LogP contribution < -0.4 is 0 Å². The number of hydrogen-bond donors (Lipinski definition) is 1. The minimum atomic E-state index is -1.01. The Balaban J connectivity index is 2.62. The molecule has 2 aromatic rings. The van der Waals surface area contributed by atoms with Crippen LogP contribution >= 0.6 is 0 Å². The van der Waals surface area contributed by atoms with E-state index in [9.17, 15) is 4.79 Å². The van der Waals surface area contributed by atoms with Gasteiger partial charge in [-0.2, -0.15) is 0 Å². The van der Waals surface area contributed by atoms with Crippen LogP contribution in [0.25, 0.3) is 11.5 Å². The van der Waals surface area contributed by atoms with Gasteiger partial charge in [0, 0.05) is 6.20 Å². The molecule has 0 atom stereocenters. The van der Waals surface area contributed by atoms with E-state index >= 15 is 0 Å². The van der Waals surface area contributed by atoms with E-state index in [0.717, 1.165) is 5.56 Å². The summed E-state index contributed by atoms with van der Waals surface area (Å²) in [6.45, 7) is 5.25. The second kappa shape index (κ2) is 4.52. The first-order chi connectivity index (χ1) is 8.50. The molecule has 1 N–H and O–H groups in total. The highest BCUT2D eigenvalue weighted by molar-refractivity contribution is 5.90. The molecule has 0 aliphatic carbocycles. The Bertz CT molecular complexity index is 600. The van der Waals surface area contributed by atoms with E-state index in [1.165, 1.54) is 0 Å². The van der Waals surface area contributed by atoms with Crippen molar-refractivity contribution in [3.63, 3.8) is 0 Å². The molecule has 0 aliphatic rings. The molecule has 2 heterocycles. The van der Waals surface area contributed by atoms with Crippen molar-refractivity contribution in [2.45, 2.75) is 20.8 Å². The van der Waals surface area contributed by atoms with Crippen LogP contribution in [-0.4, -0.2) is 26.0 Å². The Morgan fingerprint density at radius 1 is 1.17 bits per heavy atom. The van der Waals surface area contributed by atoms with E-state index in [4.69, 9.17) is 5.11 Å². The van der Waals surface area contributed by atoms with Gasteiger partial charge in [-0.15, -0.1) is 0 Å². The zero-order valence-electron chi connectivity index (χ0n) is 10.4. The fourth-order valence-corrected chi connectivity index (χ4v) is 1.85. The molecule has 0 unspecified atom stereocenters. The van der Waals surface area contributed by atoms with Gasteiger partial charge in [-0.3, -0.25) is 4.98 Å². The second-order valence-electron chi connectivity index (χ2n) is 4.07. The Hall–Kier alpha value is -2.30. The normalized spacial score (nSPS) is 10.4. The molecule has 0 aromatic carbocycles. The van der Waals surface area contributed by atoms with Gasteiger partial charge in [0.1, 0.15) is 11.3 Å². The van der Waals surface area contributed by atoms with Crippen LogP contribution in [0.1, 0.15) is 27.3 Å². The van der Waals surface area contributed by atoms with E-state index in [1.807, 2.05) is 19.1 Å². The number of rotatable bonds is 2. The summed E-state index contributed by atoms with van der Waals surface area (Å²) in [5.74, 6) is -0.539. The molecule has 2 aromatic heterocycles. The zero-order chi connectivity index (χ0) is 13.3. The van der Waals surface area contributed by atoms with Crippen molar-refractivity contribution >= 4 is 5.97 Å². The number of carbonyl (C=O) groups is 1. The maximum atomic E-state index is 11.1. The van der Waals surface area contributed by atoms with Crippen LogP contribution in [0.5, 0.6) is 0 Å². The topological polar surface area (TPSA) is 76.0 Å². The molecule has 0 aliphatic heterocycles. The lowest BCUT2D eigenvalue weighted by Gasteiger charge is -2.08. The molecule has 5 heteroatoms. The van der Waals surface area contributed by atoms with Crippen molar-refractivity contribution in [2.75, 3.05) is 0 Å². The molecule has 92 valence electrons. The Morgan fingerprint density at radius 3 is 2.28 bits per heavy atom. The van der Waals surface area contributed by atoms with E-state index in [-0.39, 0.29) is 5.56 Å². The van der Waals surface area contributed by atoms with Crippen LogP contribution in [0.2, 0.25) is 0 Å². The second-order valence-corrected chi connectivity index (χ2v) is 4.07. The minimum Gasteiger partial charge on any atom is -0.478 e. The highest BCUT2D eigenvalue weighted by Crippen LogP contribution is 2.19. The van der Waals surface area contributed by atoms with Gasteiger partial charge in [-0.1, -0.05) is 6.07 Å². The van der Waals surface area contributed by atoms with Crippen LogP contribution in [-0.2, 0) is 0 Å². The highest BCUT2D eigenvalue weighted by Gasteiger charge is 2.16. The van der Waals surface area contributed by atoms with E-state index < -0.39 is 5.97 Å². The average molecular weight is 243 g/mol. The average Bonchev–Trinajstić information content (AvgIpc) is 2.27. The molecule has 0 bridgehead atoms. The van der Waals surface area contributed by atoms with Crippen LogP contribution in [0.4, 0.5) is 0 Å². The van der Waals surface area contributed by atoms with Crippen LogP contribution in [0.3, 0.4) is 0 Å². The number of aromatic carboxylic acids is 1. The quantitative estimate of drug-likeness (QED) is 0.874. The SMILES string of the molecule is Cc1cccnc1-c1nc(C)c(C(=O)O)c(C)n1. The van der Waals surface area contributed by atoms with Gasteiger partial charge in [0.05, 0.1) is 11.4 Å². The predicted molar refractivity (Wildman–Crippen MR) is 66.4 cm³/mol. The lowest BCUT2D eigenvalue weighted by molar-refractivity contribution is 0.0694. The molecular weight excluding hydrogens is 230 g/mol. The van der Waals surface area contributed by atoms with Crippen LogP contribution in [0.15, 0.2) is 18.3 Å². The number of carboxylic acid groups (broad SMARTS) is 1. The van der Waals surface area contributed by atoms with Gasteiger partial charge in [-0.05, 0) is 32.4 Å². The Kier molecular flexibility index (Phi) is 3.06. The Morgan fingerprint density at radius 2 is 1.78 bits per heavy atom. The van der Waals surface area contributed by atoms with Crippen molar-refractivity contribution in [1.29, 1.82) is 0 Å². The lowest BCUT2D eigenvalue weighted by atomic mass is 10.1. The first-order valence-electron chi connectivity index (χ1n) is 5.51. The fourth-order valence-electron chi connectivity index (χ4n) is 1.85. The molecule has 2 rings (SSSR count). The van der Waals surface area contributed by atoms with Crippen molar-refractivity contribution in [2.24, 2.45) is 0 Å². The molecule has 0 amide bonds. The third-order valence-corrected chi connectivity index (χ3v) is 2.71. The van der Waals surface area contributed by atoms with Gasteiger partial charge in [-0.25, -0.2) is 14.8 Å². The lowest BCUT2D eigenvalue weighted by Crippen LogP contribution is -2.09. The molecule has 0 spiro atoms. The van der Waals surface area contributed by atoms with E-state index in [1.54, 1.807) is 20.0 Å². The molecule has 18 heavy (non-hydrogen) atoms. The monoisotopic (exact) mass is 243 g/mol. The summed E-state index contributed by atoms with van der Waals surface area (Å²) in [6, 6.07) is 3.76. The van der Waals surface area contributed by atoms with Crippen molar-refractivity contribution in [1.82, 2.24) is 15.0 Å². The maximum absolute atomic E-state index is 11.1. The minimum absolute atomic E-state index is 0.160. The largest absolute Gasteiger partial charge is 0.478 e. The third kappa shape index (κ3) is 2.07. The van der Waals surface area contributed by atoms with E-state index in [2.05, 4.69) is 15.0 Å². The standard InChI is InChI=1S/C13H13N3O2/c1-7-5-4-6-14-11(7)12-15-8(2)10(13(17)18)9(3)16-12/h4-6H,1-3H3,(H,17,18). The number of hydrogen-bond acceptors (Lipinski definition) is 4. The zero-order valence-corrected chi connectivity index (χ0v) is 10.4. The fraction of sp³-hybridized carbons (Fsp3) is 0.231. The summed E-state index contributed by atoms with van der Waals surface area (Å²) >= 11 is 0. The third-order valence-electron chi connectivity index (χ3n) is 2.71. The van der Waals surface area contributed by atoms with Crippen molar-refractivity contribution in [3.05, 3.63) is 40.8 Å². The number of aryl methyl sites for hydroxylation is 3. The molecule has 0 saturated heterocycles. The van der Waals surface area contributed by atoms with Crippen molar-refractivity contribution in [3.8, 4) is 11.5 Å². The number of aromatic nitrogens is 3. The van der Waals surface area contributed by atoms with Gasteiger partial charge in [0.2, 0.25) is 0 Å². The first-order valence-corrected chi connectivity index (χ1v) is 5.51. The molecular formula is C13H13N3O2. The van der Waals surface area contributed by atoms with Gasteiger partial charge in [0.25, 0.3) is 0 Å². The molecule has 0 radical (unpaired) electrons. The molecule has 5 nitrogen and oxygen atoms in total.